The van der Waals surface area contributed by atoms with Crippen LogP contribution in [-0.4, -0.2) is 59.0 Å². The van der Waals surface area contributed by atoms with E-state index in [-0.39, 0.29) is 29.3 Å². The van der Waals surface area contributed by atoms with Gasteiger partial charge >= 0.3 is 0 Å². The molecule has 1 unspecified atom stereocenters. The summed E-state index contributed by atoms with van der Waals surface area (Å²) < 4.78 is 1.64. The van der Waals surface area contributed by atoms with E-state index in [9.17, 15) is 14.4 Å². The van der Waals surface area contributed by atoms with Gasteiger partial charge in [-0.2, -0.15) is 0 Å². The third-order valence-corrected chi connectivity index (χ3v) is 5.90. The lowest BCUT2D eigenvalue weighted by atomic mass is 9.97. The summed E-state index contributed by atoms with van der Waals surface area (Å²) in [5, 5.41) is 3.41. The number of hydrogen-bond donors (Lipinski definition) is 1. The SMILES string of the molecule is CC(C)n1cnc2cc(N3CCN(C(=O)C4CCC(=O)NC4)CC3)ccc2c1=O. The van der Waals surface area contributed by atoms with Crippen molar-refractivity contribution in [3.8, 4) is 0 Å². The molecule has 0 bridgehead atoms. The third kappa shape index (κ3) is 3.83. The quantitative estimate of drug-likeness (QED) is 0.840. The van der Waals surface area contributed by atoms with E-state index in [1.54, 1.807) is 10.9 Å². The monoisotopic (exact) mass is 397 g/mol. The van der Waals surface area contributed by atoms with Crippen LogP contribution in [-0.2, 0) is 9.59 Å². The zero-order valence-corrected chi connectivity index (χ0v) is 16.9. The Kier molecular flexibility index (Phi) is 5.25. The first-order chi connectivity index (χ1) is 13.9. The summed E-state index contributed by atoms with van der Waals surface area (Å²) in [6.07, 6.45) is 2.67. The molecular formula is C21H27N5O3. The second-order valence-corrected chi connectivity index (χ2v) is 8.10. The molecule has 0 aliphatic carbocycles. The number of piperidine rings is 1. The molecule has 2 aromatic rings. The van der Waals surface area contributed by atoms with Crippen molar-refractivity contribution in [1.82, 2.24) is 19.8 Å². The third-order valence-electron chi connectivity index (χ3n) is 5.90. The maximum absolute atomic E-state index is 12.7. The fourth-order valence-electron chi connectivity index (χ4n) is 4.07. The number of piperazine rings is 1. The molecule has 2 amide bonds. The second-order valence-electron chi connectivity index (χ2n) is 8.10. The van der Waals surface area contributed by atoms with Gasteiger partial charge in [0.25, 0.3) is 5.56 Å². The number of anilines is 1. The summed E-state index contributed by atoms with van der Waals surface area (Å²) in [7, 11) is 0. The van der Waals surface area contributed by atoms with Gasteiger partial charge in [-0.3, -0.25) is 19.0 Å². The Hall–Kier alpha value is -2.90. The van der Waals surface area contributed by atoms with Gasteiger partial charge in [0.1, 0.15) is 0 Å². The molecule has 8 nitrogen and oxygen atoms in total. The van der Waals surface area contributed by atoms with Crippen LogP contribution in [0.15, 0.2) is 29.3 Å². The van der Waals surface area contributed by atoms with Gasteiger partial charge in [0, 0.05) is 50.9 Å². The van der Waals surface area contributed by atoms with Gasteiger partial charge in [-0.1, -0.05) is 0 Å². The summed E-state index contributed by atoms with van der Waals surface area (Å²) in [5.74, 6) is 0.0650. The molecule has 154 valence electrons. The molecule has 1 N–H and O–H groups in total. The van der Waals surface area contributed by atoms with Crippen LogP contribution < -0.4 is 15.8 Å². The number of hydrogen-bond acceptors (Lipinski definition) is 5. The van der Waals surface area contributed by atoms with E-state index in [1.165, 1.54) is 0 Å². The molecule has 0 saturated carbocycles. The minimum absolute atomic E-state index is 0.0217. The van der Waals surface area contributed by atoms with E-state index in [4.69, 9.17) is 0 Å². The Bertz CT molecular complexity index is 981. The average Bonchev–Trinajstić information content (AvgIpc) is 2.73. The van der Waals surface area contributed by atoms with Crippen LogP contribution in [0.4, 0.5) is 5.69 Å². The first-order valence-corrected chi connectivity index (χ1v) is 10.3. The van der Waals surface area contributed by atoms with Gasteiger partial charge < -0.3 is 15.1 Å². The maximum Gasteiger partial charge on any atom is 0.261 e. The van der Waals surface area contributed by atoms with E-state index in [2.05, 4.69) is 15.2 Å². The molecule has 0 radical (unpaired) electrons. The maximum atomic E-state index is 12.7. The number of fused-ring (bicyclic) bond motifs is 1. The molecule has 2 aliphatic rings. The molecule has 1 atom stereocenters. The van der Waals surface area contributed by atoms with Crippen LogP contribution in [0.1, 0.15) is 32.7 Å². The fourth-order valence-corrected chi connectivity index (χ4v) is 4.07. The molecule has 2 aliphatic heterocycles. The van der Waals surface area contributed by atoms with Crippen LogP contribution in [0.2, 0.25) is 0 Å². The van der Waals surface area contributed by atoms with Crippen molar-refractivity contribution < 1.29 is 9.59 Å². The molecule has 2 fully saturated rings. The lowest BCUT2D eigenvalue weighted by molar-refractivity contribution is -0.137. The largest absolute Gasteiger partial charge is 0.368 e. The number of amides is 2. The first-order valence-electron chi connectivity index (χ1n) is 10.3. The summed E-state index contributed by atoms with van der Waals surface area (Å²) in [4.78, 5) is 45.2. The Labute approximate surface area is 169 Å². The first kappa shape index (κ1) is 19.4. The van der Waals surface area contributed by atoms with E-state index in [1.807, 2.05) is 36.9 Å². The minimum atomic E-state index is -0.104. The van der Waals surface area contributed by atoms with Crippen molar-refractivity contribution in [3.63, 3.8) is 0 Å². The van der Waals surface area contributed by atoms with Gasteiger partial charge in [-0.05, 0) is 38.5 Å². The molecule has 1 aromatic carbocycles. The van der Waals surface area contributed by atoms with Crippen LogP contribution in [0.25, 0.3) is 10.9 Å². The molecule has 8 heteroatoms. The van der Waals surface area contributed by atoms with Crippen molar-refractivity contribution >= 4 is 28.4 Å². The highest BCUT2D eigenvalue weighted by Gasteiger charge is 2.30. The van der Waals surface area contributed by atoms with Crippen LogP contribution in [0.5, 0.6) is 0 Å². The number of rotatable bonds is 3. The Balaban J connectivity index is 1.44. The van der Waals surface area contributed by atoms with Crippen molar-refractivity contribution in [2.75, 3.05) is 37.6 Å². The average molecular weight is 397 g/mol. The van der Waals surface area contributed by atoms with Gasteiger partial charge in [0.05, 0.1) is 23.1 Å². The molecule has 3 heterocycles. The van der Waals surface area contributed by atoms with Crippen LogP contribution in [0, 0.1) is 5.92 Å². The normalized spacial score (nSPS) is 20.2. The van der Waals surface area contributed by atoms with E-state index in [0.29, 0.717) is 43.4 Å². The summed E-state index contributed by atoms with van der Waals surface area (Å²) >= 11 is 0. The Morgan fingerprint density at radius 2 is 1.93 bits per heavy atom. The lowest BCUT2D eigenvalue weighted by Crippen LogP contribution is -2.52. The second kappa shape index (κ2) is 7.85. The van der Waals surface area contributed by atoms with E-state index < -0.39 is 0 Å². The number of carbonyl (C=O) groups is 2. The smallest absolute Gasteiger partial charge is 0.261 e. The van der Waals surface area contributed by atoms with Crippen LogP contribution in [0.3, 0.4) is 0 Å². The number of carbonyl (C=O) groups excluding carboxylic acids is 2. The summed E-state index contributed by atoms with van der Waals surface area (Å²) in [5.41, 5.74) is 1.69. The number of aromatic nitrogens is 2. The zero-order chi connectivity index (χ0) is 20.5. The lowest BCUT2D eigenvalue weighted by Gasteiger charge is -2.38. The zero-order valence-electron chi connectivity index (χ0n) is 16.9. The molecule has 0 spiro atoms. The summed E-state index contributed by atoms with van der Waals surface area (Å²) in [6.45, 7) is 7.16. The molecule has 4 rings (SSSR count). The highest BCUT2D eigenvalue weighted by molar-refractivity contribution is 5.84. The predicted molar refractivity (Wildman–Crippen MR) is 111 cm³/mol. The Morgan fingerprint density at radius 3 is 2.59 bits per heavy atom. The van der Waals surface area contributed by atoms with Gasteiger partial charge in [-0.15, -0.1) is 0 Å². The predicted octanol–water partition coefficient (Wildman–Crippen LogP) is 1.15. The molecule has 29 heavy (non-hydrogen) atoms. The van der Waals surface area contributed by atoms with Crippen molar-refractivity contribution in [1.29, 1.82) is 0 Å². The molecular weight excluding hydrogens is 370 g/mol. The number of nitrogens with one attached hydrogen (secondary N) is 1. The number of nitrogens with zero attached hydrogens (tertiary/aromatic N) is 4. The van der Waals surface area contributed by atoms with Gasteiger partial charge in [0.2, 0.25) is 11.8 Å². The van der Waals surface area contributed by atoms with E-state index >= 15 is 0 Å². The highest BCUT2D eigenvalue weighted by atomic mass is 16.2. The molecule has 2 saturated heterocycles. The standard InChI is InChI=1S/C21H27N5O3/c1-14(2)26-13-23-18-11-16(4-5-17(18)21(26)29)24-7-9-25(10-8-24)20(28)15-3-6-19(27)22-12-15/h4-5,11,13-15H,3,6-10,12H2,1-2H3,(H,22,27). The van der Waals surface area contributed by atoms with Crippen molar-refractivity contribution in [2.24, 2.45) is 5.92 Å². The summed E-state index contributed by atoms with van der Waals surface area (Å²) in [6, 6.07) is 5.84. The fraction of sp³-hybridized carbons (Fsp3) is 0.524. The van der Waals surface area contributed by atoms with Crippen LogP contribution >= 0.6 is 0 Å². The van der Waals surface area contributed by atoms with Gasteiger partial charge in [0.15, 0.2) is 0 Å². The minimum Gasteiger partial charge on any atom is -0.368 e. The number of benzene rings is 1. The van der Waals surface area contributed by atoms with Crippen molar-refractivity contribution in [3.05, 3.63) is 34.9 Å². The van der Waals surface area contributed by atoms with Crippen molar-refractivity contribution in [2.45, 2.75) is 32.7 Å². The van der Waals surface area contributed by atoms with E-state index in [0.717, 1.165) is 18.8 Å². The molecule has 1 aromatic heterocycles. The topological polar surface area (TPSA) is 87.5 Å². The Morgan fingerprint density at radius 1 is 1.17 bits per heavy atom. The van der Waals surface area contributed by atoms with Gasteiger partial charge in [-0.25, -0.2) is 4.98 Å². The highest BCUT2D eigenvalue weighted by Crippen LogP contribution is 2.22.